The van der Waals surface area contributed by atoms with Crippen molar-refractivity contribution >= 4 is 29.6 Å². The highest BCUT2D eigenvalue weighted by Crippen LogP contribution is 2.38. The first-order valence-electron chi connectivity index (χ1n) is 8.20. The molecule has 0 bridgehead atoms. The van der Waals surface area contributed by atoms with Gasteiger partial charge in [-0.2, -0.15) is 0 Å². The summed E-state index contributed by atoms with van der Waals surface area (Å²) in [6.45, 7) is 0. The molecule has 1 N–H and O–H groups in total. The van der Waals surface area contributed by atoms with Gasteiger partial charge in [-0.05, 0) is 11.6 Å². The van der Waals surface area contributed by atoms with E-state index < -0.39 is 0 Å². The van der Waals surface area contributed by atoms with Crippen LogP contribution < -0.4 is 9.47 Å². The minimum Gasteiger partial charge on any atom is -0.496 e. The number of ether oxygens (including phenoxy) is 2. The van der Waals surface area contributed by atoms with Gasteiger partial charge in [-0.1, -0.05) is 54.2 Å². The molecule has 0 radical (unpaired) electrons. The Hall–Kier alpha value is -2.83. The summed E-state index contributed by atoms with van der Waals surface area (Å²) in [6.07, 6.45) is 3.68. The number of fused-ring (bicyclic) bond motifs is 1. The molecule has 0 aliphatic heterocycles. The summed E-state index contributed by atoms with van der Waals surface area (Å²) in [6, 6.07) is 13.5. The molecule has 7 heteroatoms. The van der Waals surface area contributed by atoms with Crippen molar-refractivity contribution in [3.63, 3.8) is 0 Å². The smallest absolute Gasteiger partial charge is 0.212 e. The van der Waals surface area contributed by atoms with E-state index in [2.05, 4.69) is 9.97 Å². The quantitative estimate of drug-likeness (QED) is 0.468. The number of halogens is 1. The van der Waals surface area contributed by atoms with Gasteiger partial charge in [0.25, 0.3) is 0 Å². The predicted molar refractivity (Wildman–Crippen MR) is 109 cm³/mol. The minimum atomic E-state index is 0.471. The Morgan fingerprint density at radius 1 is 1.04 bits per heavy atom. The van der Waals surface area contributed by atoms with Gasteiger partial charge in [0.05, 0.1) is 24.9 Å². The van der Waals surface area contributed by atoms with Crippen LogP contribution in [0.2, 0.25) is 5.02 Å². The van der Waals surface area contributed by atoms with Crippen LogP contribution in [0.1, 0.15) is 0 Å². The number of rotatable bonds is 4. The molecule has 4 aromatic rings. The molecule has 0 atom stereocenters. The maximum Gasteiger partial charge on any atom is 0.212 e. The van der Waals surface area contributed by atoms with Crippen LogP contribution in [0, 0.1) is 4.64 Å². The van der Waals surface area contributed by atoms with Crippen molar-refractivity contribution in [3.8, 4) is 33.9 Å². The Kier molecular flexibility index (Phi) is 4.59. The number of nitrogens with one attached hydrogen (secondary N) is 1. The van der Waals surface area contributed by atoms with Crippen molar-refractivity contribution in [2.75, 3.05) is 14.2 Å². The van der Waals surface area contributed by atoms with Crippen molar-refractivity contribution in [2.45, 2.75) is 0 Å². The molecule has 0 saturated carbocycles. The van der Waals surface area contributed by atoms with Gasteiger partial charge in [-0.15, -0.1) is 0 Å². The van der Waals surface area contributed by atoms with Crippen LogP contribution in [0.3, 0.4) is 0 Å². The highest BCUT2D eigenvalue weighted by molar-refractivity contribution is 7.71. The minimum absolute atomic E-state index is 0.471. The van der Waals surface area contributed by atoms with Gasteiger partial charge in [0.15, 0.2) is 0 Å². The van der Waals surface area contributed by atoms with E-state index in [9.17, 15) is 0 Å². The Morgan fingerprint density at radius 3 is 2.48 bits per heavy atom. The molecule has 0 aliphatic carbocycles. The fraction of sp³-hybridized carbons (Fsp3) is 0.100. The second-order valence-electron chi connectivity index (χ2n) is 5.89. The molecule has 0 saturated heterocycles. The van der Waals surface area contributed by atoms with Crippen molar-refractivity contribution < 1.29 is 9.47 Å². The predicted octanol–water partition coefficient (Wildman–Crippen LogP) is 5.40. The molecular formula is C20H16ClN3O2S. The Morgan fingerprint density at radius 2 is 1.78 bits per heavy atom. The number of nitrogens with zero attached hydrogens (tertiary/aromatic N) is 2. The van der Waals surface area contributed by atoms with Crippen molar-refractivity contribution in [2.24, 2.45) is 0 Å². The second kappa shape index (κ2) is 7.06. The zero-order valence-electron chi connectivity index (χ0n) is 14.7. The van der Waals surface area contributed by atoms with E-state index in [1.54, 1.807) is 26.5 Å². The molecule has 2 aromatic carbocycles. The zero-order chi connectivity index (χ0) is 19.0. The van der Waals surface area contributed by atoms with Crippen LogP contribution in [0.4, 0.5) is 0 Å². The van der Waals surface area contributed by atoms with Crippen LogP contribution in [0.15, 0.2) is 54.9 Å². The number of methoxy groups -OCH3 is 2. The van der Waals surface area contributed by atoms with E-state index in [0.29, 0.717) is 26.9 Å². The van der Waals surface area contributed by atoms with Crippen LogP contribution in [0.5, 0.6) is 11.5 Å². The van der Waals surface area contributed by atoms with E-state index in [1.165, 1.54) is 0 Å². The maximum absolute atomic E-state index is 6.22. The third-order valence-corrected chi connectivity index (χ3v) is 5.06. The summed E-state index contributed by atoms with van der Waals surface area (Å²) in [5.74, 6) is 1.82. The summed E-state index contributed by atoms with van der Waals surface area (Å²) in [4.78, 5) is 7.83. The normalized spacial score (nSPS) is 10.9. The fourth-order valence-corrected chi connectivity index (χ4v) is 3.52. The number of imidazole rings is 1. The lowest BCUT2D eigenvalue weighted by Crippen LogP contribution is -1.96. The summed E-state index contributed by atoms with van der Waals surface area (Å²) < 4.78 is 13.3. The molecule has 136 valence electrons. The third kappa shape index (κ3) is 3.07. The summed E-state index contributed by atoms with van der Waals surface area (Å²) in [7, 11) is 3.16. The molecule has 2 heterocycles. The molecule has 0 aliphatic rings. The number of H-pyrrole nitrogens is 1. The fourth-order valence-electron chi connectivity index (χ4n) is 2.98. The van der Waals surface area contributed by atoms with Crippen molar-refractivity contribution in [1.29, 1.82) is 0 Å². The lowest BCUT2D eigenvalue weighted by Gasteiger charge is -2.12. The van der Waals surface area contributed by atoms with E-state index in [-0.39, 0.29) is 0 Å². The third-order valence-electron chi connectivity index (χ3n) is 4.35. The van der Waals surface area contributed by atoms with Gasteiger partial charge in [-0.25, -0.2) is 4.98 Å². The first-order valence-corrected chi connectivity index (χ1v) is 8.98. The monoisotopic (exact) mass is 397 g/mol. The first kappa shape index (κ1) is 17.6. The SMILES string of the molecule is COc1cc(-c2cnc3[nH]c(-c4ccccc4)cn3c2=S)c(OC)cc1Cl. The van der Waals surface area contributed by atoms with Crippen LogP contribution in [-0.2, 0) is 0 Å². The highest BCUT2D eigenvalue weighted by Gasteiger charge is 2.15. The number of aromatic nitrogens is 3. The van der Waals surface area contributed by atoms with E-state index >= 15 is 0 Å². The van der Waals surface area contributed by atoms with E-state index in [1.807, 2.05) is 47.0 Å². The lowest BCUT2D eigenvalue weighted by molar-refractivity contribution is 0.404. The summed E-state index contributed by atoms with van der Waals surface area (Å²) in [5.41, 5.74) is 3.53. The molecule has 4 rings (SSSR count). The van der Waals surface area contributed by atoms with E-state index in [0.717, 1.165) is 22.4 Å². The van der Waals surface area contributed by atoms with Crippen molar-refractivity contribution in [1.82, 2.24) is 14.4 Å². The molecule has 0 spiro atoms. The van der Waals surface area contributed by atoms with Crippen LogP contribution in [-0.4, -0.2) is 28.6 Å². The average molecular weight is 398 g/mol. The summed E-state index contributed by atoms with van der Waals surface area (Å²) in [5, 5.41) is 0.471. The van der Waals surface area contributed by atoms with Gasteiger partial charge in [0.1, 0.15) is 16.1 Å². The molecule has 2 aromatic heterocycles. The van der Waals surface area contributed by atoms with E-state index in [4.69, 9.17) is 33.3 Å². The molecule has 0 fully saturated rings. The summed E-state index contributed by atoms with van der Waals surface area (Å²) >= 11 is 11.9. The molecule has 5 nitrogen and oxygen atoms in total. The Balaban J connectivity index is 1.92. The average Bonchev–Trinajstić information content (AvgIpc) is 3.14. The standard InChI is InChI=1S/C20H16ClN3O2S/c1-25-17-9-15(21)18(26-2)8-13(17)14-10-22-20-23-16(11-24(20)19(14)27)12-6-4-3-5-7-12/h3-11H,1-2H3,(H,22,23). The first-order chi connectivity index (χ1) is 13.1. The topological polar surface area (TPSA) is 51.5 Å². The molecule has 0 unspecified atom stereocenters. The molecular weight excluding hydrogens is 382 g/mol. The zero-order valence-corrected chi connectivity index (χ0v) is 16.3. The molecule has 0 amide bonds. The van der Waals surface area contributed by atoms with Gasteiger partial charge in [0, 0.05) is 29.6 Å². The highest BCUT2D eigenvalue weighted by atomic mass is 35.5. The van der Waals surface area contributed by atoms with Crippen LogP contribution >= 0.6 is 23.8 Å². The van der Waals surface area contributed by atoms with Gasteiger partial charge in [0.2, 0.25) is 5.78 Å². The van der Waals surface area contributed by atoms with Gasteiger partial charge < -0.3 is 14.5 Å². The Bertz CT molecular complexity index is 1190. The second-order valence-corrected chi connectivity index (χ2v) is 6.69. The maximum atomic E-state index is 6.22. The number of hydrogen-bond acceptors (Lipinski definition) is 4. The number of hydrogen-bond donors (Lipinski definition) is 1. The molecule has 27 heavy (non-hydrogen) atoms. The van der Waals surface area contributed by atoms with Crippen molar-refractivity contribution in [3.05, 3.63) is 64.5 Å². The lowest BCUT2D eigenvalue weighted by atomic mass is 10.1. The van der Waals surface area contributed by atoms with Gasteiger partial charge in [-0.3, -0.25) is 4.40 Å². The van der Waals surface area contributed by atoms with Crippen LogP contribution in [0.25, 0.3) is 28.2 Å². The van der Waals surface area contributed by atoms with Gasteiger partial charge >= 0.3 is 0 Å². The Labute approximate surface area is 166 Å². The largest absolute Gasteiger partial charge is 0.496 e. The number of aromatic amines is 1. The number of benzene rings is 2.